The number of carbonyl (C=O) groups is 1. The lowest BCUT2D eigenvalue weighted by Gasteiger charge is -2.11. The summed E-state index contributed by atoms with van der Waals surface area (Å²) in [6, 6.07) is 10.6. The lowest BCUT2D eigenvalue weighted by atomic mass is 10.2. The number of nitrogens with zero attached hydrogens (tertiary/aromatic N) is 1. The highest BCUT2D eigenvalue weighted by Gasteiger charge is 2.20. The zero-order valence-corrected chi connectivity index (χ0v) is 15.0. The monoisotopic (exact) mass is 378 g/mol. The number of amides is 1. The van der Waals surface area contributed by atoms with Gasteiger partial charge in [-0.25, -0.2) is 13.1 Å². The van der Waals surface area contributed by atoms with Gasteiger partial charge in [-0.2, -0.15) is 0 Å². The molecule has 2 rings (SSSR count). The van der Waals surface area contributed by atoms with Crippen LogP contribution >= 0.6 is 0 Å². The Morgan fingerprint density at radius 1 is 1.15 bits per heavy atom. The van der Waals surface area contributed by atoms with Gasteiger partial charge in [0.25, 0.3) is 5.69 Å². The molecule has 0 unspecified atom stereocenters. The van der Waals surface area contributed by atoms with Crippen molar-refractivity contribution in [2.24, 2.45) is 0 Å². The molecule has 2 aromatic carbocycles. The van der Waals surface area contributed by atoms with E-state index in [0.717, 1.165) is 11.6 Å². The van der Waals surface area contributed by atoms with Gasteiger partial charge in [0, 0.05) is 11.8 Å². The van der Waals surface area contributed by atoms with Gasteiger partial charge >= 0.3 is 0 Å². The molecule has 0 saturated heterocycles. The van der Waals surface area contributed by atoms with Crippen molar-refractivity contribution >= 4 is 33.0 Å². The number of aryl methyl sites for hydroxylation is 1. The van der Waals surface area contributed by atoms with Gasteiger partial charge in [-0.15, -0.1) is 0 Å². The molecule has 0 aliphatic heterocycles. The molecule has 0 aromatic heterocycles. The molecule has 1 amide bonds. The van der Waals surface area contributed by atoms with Crippen molar-refractivity contribution in [2.45, 2.75) is 11.8 Å². The van der Waals surface area contributed by atoms with Gasteiger partial charge in [0.1, 0.15) is 5.69 Å². The molecule has 0 fully saturated rings. The number of rotatable bonds is 7. The van der Waals surface area contributed by atoms with Gasteiger partial charge < -0.3 is 10.6 Å². The van der Waals surface area contributed by atoms with Gasteiger partial charge in [0.2, 0.25) is 15.9 Å². The Kier molecular flexibility index (Phi) is 5.90. The molecule has 0 atom stereocenters. The van der Waals surface area contributed by atoms with Crippen LogP contribution in [0.5, 0.6) is 0 Å². The van der Waals surface area contributed by atoms with Crippen LogP contribution in [0.1, 0.15) is 5.56 Å². The number of carbonyl (C=O) groups excluding carboxylic acids is 1. The van der Waals surface area contributed by atoms with Crippen molar-refractivity contribution in [1.82, 2.24) is 4.72 Å². The van der Waals surface area contributed by atoms with Gasteiger partial charge in [-0.3, -0.25) is 14.9 Å². The van der Waals surface area contributed by atoms with Gasteiger partial charge in [0.05, 0.1) is 16.4 Å². The molecule has 26 heavy (non-hydrogen) atoms. The van der Waals surface area contributed by atoms with Crippen LogP contribution in [0.3, 0.4) is 0 Å². The highest BCUT2D eigenvalue weighted by molar-refractivity contribution is 7.89. The number of anilines is 2. The van der Waals surface area contributed by atoms with E-state index >= 15 is 0 Å². The number of para-hydroxylation sites is 1. The van der Waals surface area contributed by atoms with Crippen LogP contribution in [0, 0.1) is 17.0 Å². The SMILES string of the molecule is CNS(=O)(=O)c1ccc(NCC(=O)Nc2ccccc2C)c([N+](=O)[O-])c1. The Morgan fingerprint density at radius 3 is 2.46 bits per heavy atom. The quantitative estimate of drug-likeness (QED) is 0.498. The van der Waals surface area contributed by atoms with E-state index in [9.17, 15) is 23.3 Å². The molecule has 2 aromatic rings. The second-order valence-corrected chi connectivity index (χ2v) is 7.25. The van der Waals surface area contributed by atoms with E-state index in [0.29, 0.717) is 5.69 Å². The summed E-state index contributed by atoms with van der Waals surface area (Å²) in [6.07, 6.45) is 0. The normalized spacial score (nSPS) is 11.0. The predicted octanol–water partition coefficient (Wildman–Crippen LogP) is 1.86. The third-order valence-corrected chi connectivity index (χ3v) is 5.02. The summed E-state index contributed by atoms with van der Waals surface area (Å²) in [6.45, 7) is 1.63. The van der Waals surface area contributed by atoms with Crippen LogP contribution in [0.15, 0.2) is 47.4 Å². The highest BCUT2D eigenvalue weighted by Crippen LogP contribution is 2.27. The van der Waals surface area contributed by atoms with Crippen LogP contribution in [0.4, 0.5) is 17.1 Å². The van der Waals surface area contributed by atoms with Crippen molar-refractivity contribution in [3.05, 3.63) is 58.1 Å². The Labute approximate surface area is 150 Å². The fraction of sp³-hybridized carbons (Fsp3) is 0.188. The first-order valence-corrected chi connectivity index (χ1v) is 9.04. The van der Waals surface area contributed by atoms with E-state index in [1.807, 2.05) is 19.1 Å². The number of benzene rings is 2. The fourth-order valence-corrected chi connectivity index (χ4v) is 2.93. The van der Waals surface area contributed by atoms with Crippen LogP contribution in [-0.2, 0) is 14.8 Å². The topological polar surface area (TPSA) is 130 Å². The minimum Gasteiger partial charge on any atom is -0.371 e. The second kappa shape index (κ2) is 7.93. The summed E-state index contributed by atoms with van der Waals surface area (Å²) in [5.41, 5.74) is 1.13. The van der Waals surface area contributed by atoms with E-state index in [2.05, 4.69) is 15.4 Å². The maximum absolute atomic E-state index is 12.0. The fourth-order valence-electron chi connectivity index (χ4n) is 2.18. The number of nitro groups is 1. The molecule has 0 aliphatic rings. The maximum atomic E-state index is 12.0. The summed E-state index contributed by atoms with van der Waals surface area (Å²) in [7, 11) is -2.60. The molecule has 3 N–H and O–H groups in total. The molecule has 9 nitrogen and oxygen atoms in total. The Bertz CT molecular complexity index is 943. The summed E-state index contributed by atoms with van der Waals surface area (Å²) in [4.78, 5) is 22.3. The van der Waals surface area contributed by atoms with Crippen molar-refractivity contribution in [2.75, 3.05) is 24.2 Å². The molecule has 0 saturated carbocycles. The third-order valence-electron chi connectivity index (χ3n) is 3.60. The average Bonchev–Trinajstić information content (AvgIpc) is 2.61. The standard InChI is InChI=1S/C16H18N4O5S/c1-11-5-3-4-6-13(11)19-16(21)10-18-14-8-7-12(26(24,25)17-2)9-15(14)20(22)23/h3-9,17-18H,10H2,1-2H3,(H,19,21). The van der Waals surface area contributed by atoms with E-state index < -0.39 is 20.6 Å². The molecular weight excluding hydrogens is 360 g/mol. The lowest BCUT2D eigenvalue weighted by Crippen LogP contribution is -2.23. The lowest BCUT2D eigenvalue weighted by molar-refractivity contribution is -0.384. The molecule has 138 valence electrons. The van der Waals surface area contributed by atoms with E-state index in [1.165, 1.54) is 19.2 Å². The van der Waals surface area contributed by atoms with Crippen LogP contribution in [0.25, 0.3) is 0 Å². The van der Waals surface area contributed by atoms with Gasteiger partial charge in [0.15, 0.2) is 0 Å². The zero-order chi connectivity index (χ0) is 19.3. The molecule has 10 heteroatoms. The zero-order valence-electron chi connectivity index (χ0n) is 14.1. The number of nitro benzene ring substituents is 1. The van der Waals surface area contributed by atoms with E-state index in [-0.39, 0.29) is 23.0 Å². The number of sulfonamides is 1. The molecule has 0 bridgehead atoms. The van der Waals surface area contributed by atoms with Crippen LogP contribution < -0.4 is 15.4 Å². The summed E-state index contributed by atoms with van der Waals surface area (Å²) >= 11 is 0. The summed E-state index contributed by atoms with van der Waals surface area (Å²) < 4.78 is 25.6. The Balaban J connectivity index is 2.15. The highest BCUT2D eigenvalue weighted by atomic mass is 32.2. The first-order valence-electron chi connectivity index (χ1n) is 7.56. The predicted molar refractivity (Wildman–Crippen MR) is 97.6 cm³/mol. The van der Waals surface area contributed by atoms with Gasteiger partial charge in [-0.1, -0.05) is 18.2 Å². The first-order chi connectivity index (χ1) is 12.2. The Hall–Kier alpha value is -2.98. The summed E-state index contributed by atoms with van der Waals surface area (Å²) in [5, 5.41) is 16.6. The van der Waals surface area contributed by atoms with Crippen molar-refractivity contribution in [3.63, 3.8) is 0 Å². The first kappa shape index (κ1) is 19.3. The number of nitrogens with one attached hydrogen (secondary N) is 3. The van der Waals surface area contributed by atoms with E-state index in [4.69, 9.17) is 0 Å². The summed E-state index contributed by atoms with van der Waals surface area (Å²) in [5.74, 6) is -0.388. The maximum Gasteiger partial charge on any atom is 0.293 e. The van der Waals surface area contributed by atoms with Crippen molar-refractivity contribution in [1.29, 1.82) is 0 Å². The smallest absolute Gasteiger partial charge is 0.293 e. The van der Waals surface area contributed by atoms with Crippen molar-refractivity contribution < 1.29 is 18.1 Å². The number of hydrogen-bond acceptors (Lipinski definition) is 6. The third kappa shape index (κ3) is 4.55. The number of hydrogen-bond donors (Lipinski definition) is 3. The van der Waals surface area contributed by atoms with E-state index in [1.54, 1.807) is 12.1 Å². The minimum absolute atomic E-state index is 0.0463. The van der Waals surface area contributed by atoms with Crippen molar-refractivity contribution in [3.8, 4) is 0 Å². The second-order valence-electron chi connectivity index (χ2n) is 5.36. The van der Waals surface area contributed by atoms with Gasteiger partial charge in [-0.05, 0) is 37.7 Å². The molecule has 0 spiro atoms. The minimum atomic E-state index is -3.81. The largest absolute Gasteiger partial charge is 0.371 e. The average molecular weight is 378 g/mol. The Morgan fingerprint density at radius 2 is 1.85 bits per heavy atom. The van der Waals surface area contributed by atoms with Crippen LogP contribution in [0.2, 0.25) is 0 Å². The molecule has 0 aliphatic carbocycles. The van der Waals surface area contributed by atoms with Crippen LogP contribution in [-0.4, -0.2) is 32.8 Å². The molecule has 0 heterocycles. The molecule has 0 radical (unpaired) electrons. The molecular formula is C16H18N4O5S.